The van der Waals surface area contributed by atoms with E-state index in [0.29, 0.717) is 31.2 Å². The molecule has 2 aromatic rings. The molecular formula is C20H20F2N2O4S. The van der Waals surface area contributed by atoms with Crippen LogP contribution in [0.15, 0.2) is 41.4 Å². The topological polar surface area (TPSA) is 59.1 Å². The van der Waals surface area contributed by atoms with Gasteiger partial charge in [-0.25, -0.2) is 13.7 Å². The van der Waals surface area contributed by atoms with Crippen molar-refractivity contribution in [3.8, 4) is 0 Å². The van der Waals surface area contributed by atoms with E-state index >= 15 is 0 Å². The summed E-state index contributed by atoms with van der Waals surface area (Å²) in [4.78, 5) is 29.7. The van der Waals surface area contributed by atoms with Gasteiger partial charge in [-0.3, -0.25) is 9.59 Å². The third kappa shape index (κ3) is 4.21. The van der Waals surface area contributed by atoms with E-state index in [1.807, 2.05) is 0 Å². The van der Waals surface area contributed by atoms with Crippen LogP contribution >= 0.6 is 11.3 Å². The SMILES string of the molecule is COCCN(CCOC)C1=C(c2cccs2)C(=O)N(c2ccc(F)c(F)c2)C1=O. The Balaban J connectivity index is 2.08. The fourth-order valence-corrected chi connectivity index (χ4v) is 3.81. The van der Waals surface area contributed by atoms with Crippen LogP contribution in [0.1, 0.15) is 4.88 Å². The minimum Gasteiger partial charge on any atom is -0.383 e. The molecule has 6 nitrogen and oxygen atoms in total. The van der Waals surface area contributed by atoms with Crippen molar-refractivity contribution in [1.29, 1.82) is 0 Å². The number of imide groups is 1. The summed E-state index contributed by atoms with van der Waals surface area (Å²) in [6.07, 6.45) is 0. The Morgan fingerprint density at radius 2 is 1.69 bits per heavy atom. The number of methoxy groups -OCH3 is 2. The van der Waals surface area contributed by atoms with Gasteiger partial charge in [-0.1, -0.05) is 6.07 Å². The lowest BCUT2D eigenvalue weighted by molar-refractivity contribution is -0.120. The van der Waals surface area contributed by atoms with Crippen molar-refractivity contribution in [2.75, 3.05) is 45.4 Å². The van der Waals surface area contributed by atoms with Crippen LogP contribution in [0, 0.1) is 11.6 Å². The molecule has 1 aliphatic heterocycles. The molecule has 1 aliphatic rings. The molecule has 0 bridgehead atoms. The monoisotopic (exact) mass is 422 g/mol. The molecule has 29 heavy (non-hydrogen) atoms. The number of thiophene rings is 1. The van der Waals surface area contributed by atoms with Gasteiger partial charge in [0.05, 0.1) is 24.5 Å². The number of amides is 2. The highest BCUT2D eigenvalue weighted by molar-refractivity contribution is 7.11. The summed E-state index contributed by atoms with van der Waals surface area (Å²) in [7, 11) is 3.08. The zero-order valence-electron chi connectivity index (χ0n) is 16.0. The van der Waals surface area contributed by atoms with E-state index in [1.165, 1.54) is 31.6 Å². The molecule has 3 rings (SSSR count). The Morgan fingerprint density at radius 3 is 2.24 bits per heavy atom. The molecule has 0 atom stereocenters. The average Bonchev–Trinajstić information content (AvgIpc) is 3.31. The Bertz CT molecular complexity index is 923. The second kappa shape index (κ2) is 9.25. The van der Waals surface area contributed by atoms with Crippen LogP contribution in [0.25, 0.3) is 5.57 Å². The zero-order valence-corrected chi connectivity index (χ0v) is 16.8. The lowest BCUT2D eigenvalue weighted by Crippen LogP contribution is -2.37. The van der Waals surface area contributed by atoms with Gasteiger partial charge in [0.25, 0.3) is 11.8 Å². The molecule has 154 valence electrons. The fourth-order valence-electron chi connectivity index (χ4n) is 3.05. The van der Waals surface area contributed by atoms with Crippen LogP contribution in [0.5, 0.6) is 0 Å². The van der Waals surface area contributed by atoms with E-state index in [4.69, 9.17) is 9.47 Å². The van der Waals surface area contributed by atoms with Crippen molar-refractivity contribution in [3.63, 3.8) is 0 Å². The second-order valence-electron chi connectivity index (χ2n) is 6.22. The van der Waals surface area contributed by atoms with Crippen LogP contribution in [0.4, 0.5) is 14.5 Å². The molecule has 0 saturated heterocycles. The predicted octanol–water partition coefficient (Wildman–Crippen LogP) is 2.91. The van der Waals surface area contributed by atoms with Crippen LogP contribution < -0.4 is 4.90 Å². The standard InChI is InChI=1S/C20H20F2N2O4S/c1-27-9-7-23(8-10-28-2)18-17(16-4-3-11-29-16)19(25)24(20(18)26)13-5-6-14(21)15(22)12-13/h3-6,11-12H,7-10H2,1-2H3. The molecule has 0 spiro atoms. The van der Waals surface area contributed by atoms with Gasteiger partial charge in [-0.15, -0.1) is 11.3 Å². The summed E-state index contributed by atoms with van der Waals surface area (Å²) in [5.74, 6) is -3.37. The number of ether oxygens (including phenoxy) is 2. The molecule has 0 unspecified atom stereocenters. The molecule has 0 fully saturated rings. The van der Waals surface area contributed by atoms with E-state index < -0.39 is 23.4 Å². The molecular weight excluding hydrogens is 402 g/mol. The summed E-state index contributed by atoms with van der Waals surface area (Å²) in [5.41, 5.74) is 0.389. The summed E-state index contributed by atoms with van der Waals surface area (Å²) in [6.45, 7) is 1.37. The van der Waals surface area contributed by atoms with Crippen LogP contribution in [-0.2, 0) is 19.1 Å². The first-order chi connectivity index (χ1) is 14.0. The molecule has 0 radical (unpaired) electrons. The Hall–Kier alpha value is -2.62. The third-order valence-electron chi connectivity index (χ3n) is 4.44. The number of halogens is 2. The van der Waals surface area contributed by atoms with Crippen molar-refractivity contribution in [1.82, 2.24) is 4.90 Å². The van der Waals surface area contributed by atoms with Gasteiger partial charge in [0.2, 0.25) is 0 Å². The highest BCUT2D eigenvalue weighted by Crippen LogP contribution is 2.36. The smallest absolute Gasteiger partial charge is 0.282 e. The Morgan fingerprint density at radius 1 is 1.00 bits per heavy atom. The van der Waals surface area contributed by atoms with E-state index in [2.05, 4.69) is 0 Å². The fraction of sp³-hybridized carbons (Fsp3) is 0.300. The maximum Gasteiger partial charge on any atom is 0.282 e. The van der Waals surface area contributed by atoms with Gasteiger partial charge in [0.15, 0.2) is 11.6 Å². The Labute approximate surface area is 170 Å². The number of rotatable bonds is 9. The van der Waals surface area contributed by atoms with Gasteiger partial charge < -0.3 is 14.4 Å². The molecule has 0 aliphatic carbocycles. The van der Waals surface area contributed by atoms with Gasteiger partial charge >= 0.3 is 0 Å². The van der Waals surface area contributed by atoms with Crippen LogP contribution in [0.3, 0.4) is 0 Å². The quantitative estimate of drug-likeness (QED) is 0.582. The summed E-state index contributed by atoms with van der Waals surface area (Å²) in [5, 5.41) is 1.80. The average molecular weight is 422 g/mol. The Kier molecular flexibility index (Phi) is 6.73. The van der Waals surface area contributed by atoms with Gasteiger partial charge in [-0.2, -0.15) is 0 Å². The number of benzene rings is 1. The van der Waals surface area contributed by atoms with Gasteiger partial charge in [0.1, 0.15) is 5.70 Å². The van der Waals surface area contributed by atoms with Crippen molar-refractivity contribution in [3.05, 3.63) is 57.9 Å². The third-order valence-corrected chi connectivity index (χ3v) is 5.32. The molecule has 0 N–H and O–H groups in total. The van der Waals surface area contributed by atoms with E-state index in [9.17, 15) is 18.4 Å². The highest BCUT2D eigenvalue weighted by Gasteiger charge is 2.43. The summed E-state index contributed by atoms with van der Waals surface area (Å²) >= 11 is 1.32. The lowest BCUT2D eigenvalue weighted by Gasteiger charge is -2.25. The maximum atomic E-state index is 13.8. The van der Waals surface area contributed by atoms with Gasteiger partial charge in [-0.05, 0) is 23.6 Å². The summed E-state index contributed by atoms with van der Waals surface area (Å²) in [6, 6.07) is 6.45. The number of nitrogens with zero attached hydrogens (tertiary/aromatic N) is 2. The van der Waals surface area contributed by atoms with Crippen LogP contribution in [-0.4, -0.2) is 57.2 Å². The largest absolute Gasteiger partial charge is 0.383 e. The predicted molar refractivity (Wildman–Crippen MR) is 105 cm³/mol. The minimum atomic E-state index is -1.13. The van der Waals surface area contributed by atoms with E-state index in [1.54, 1.807) is 22.4 Å². The molecule has 0 saturated carbocycles. The van der Waals surface area contributed by atoms with Crippen molar-refractivity contribution < 1.29 is 27.8 Å². The van der Waals surface area contributed by atoms with Crippen molar-refractivity contribution in [2.45, 2.75) is 0 Å². The second-order valence-corrected chi connectivity index (χ2v) is 7.17. The molecule has 2 amide bonds. The minimum absolute atomic E-state index is 0.0265. The van der Waals surface area contributed by atoms with E-state index in [0.717, 1.165) is 17.0 Å². The first-order valence-electron chi connectivity index (χ1n) is 8.84. The molecule has 2 heterocycles. The summed E-state index contributed by atoms with van der Waals surface area (Å²) < 4.78 is 37.4. The lowest BCUT2D eigenvalue weighted by atomic mass is 10.1. The molecule has 9 heteroatoms. The number of hydrogen-bond donors (Lipinski definition) is 0. The van der Waals surface area contributed by atoms with E-state index in [-0.39, 0.29) is 17.0 Å². The highest BCUT2D eigenvalue weighted by atomic mass is 32.1. The van der Waals surface area contributed by atoms with Crippen molar-refractivity contribution in [2.24, 2.45) is 0 Å². The number of anilines is 1. The number of hydrogen-bond acceptors (Lipinski definition) is 6. The van der Waals surface area contributed by atoms with Crippen LogP contribution in [0.2, 0.25) is 0 Å². The number of carbonyl (C=O) groups is 2. The number of carbonyl (C=O) groups excluding carboxylic acids is 2. The molecule has 1 aromatic carbocycles. The van der Waals surface area contributed by atoms with Crippen molar-refractivity contribution >= 4 is 34.4 Å². The first kappa shape index (κ1) is 21.1. The molecule has 1 aromatic heterocycles. The first-order valence-corrected chi connectivity index (χ1v) is 9.72. The van der Waals surface area contributed by atoms with Gasteiger partial charge in [0, 0.05) is 38.3 Å². The zero-order chi connectivity index (χ0) is 21.0. The normalized spacial score (nSPS) is 14.3. The maximum absolute atomic E-state index is 13.8.